The molecule has 134 valence electrons. The molecule has 0 spiro atoms. The molecule has 0 saturated carbocycles. The highest BCUT2D eigenvalue weighted by Crippen LogP contribution is 1.99. The van der Waals surface area contributed by atoms with E-state index >= 15 is 0 Å². The zero-order valence-corrected chi connectivity index (χ0v) is 14.4. The van der Waals surface area contributed by atoms with Gasteiger partial charge < -0.3 is 15.3 Å². The van der Waals surface area contributed by atoms with Crippen molar-refractivity contribution in [3.05, 3.63) is 60.8 Å². The Hall–Kier alpha value is -1.91. The zero-order chi connectivity index (χ0) is 18.0. The average Bonchev–Trinajstić information content (AvgIpc) is 2.55. The third-order valence-electron chi connectivity index (χ3n) is 3.16. The maximum atomic E-state index is 10.3. The summed E-state index contributed by atoms with van der Waals surface area (Å²) in [6.45, 7) is 1.91. The third-order valence-corrected chi connectivity index (χ3v) is 3.16. The molecule has 0 fully saturated rings. The first-order chi connectivity index (χ1) is 11.6. The Balaban J connectivity index is 3.77. The highest BCUT2D eigenvalue weighted by molar-refractivity contribution is 5.66. The Bertz CT molecular complexity index is 458. The van der Waals surface area contributed by atoms with Gasteiger partial charge in [0.2, 0.25) is 0 Å². The van der Waals surface area contributed by atoms with Crippen molar-refractivity contribution in [3.63, 3.8) is 0 Å². The predicted octanol–water partition coefficient (Wildman–Crippen LogP) is 3.93. The molecule has 2 atom stereocenters. The Morgan fingerprint density at radius 1 is 0.917 bits per heavy atom. The SMILES string of the molecule is CCC(O)/C=C/C=C/CC(O)/C=C/C=C/C/C=C/CCCC(=O)O. The third kappa shape index (κ3) is 16.5. The fourth-order valence-electron chi connectivity index (χ4n) is 1.72. The molecule has 0 aliphatic carbocycles. The van der Waals surface area contributed by atoms with E-state index in [1.165, 1.54) is 0 Å². The van der Waals surface area contributed by atoms with E-state index in [1.807, 2.05) is 49.5 Å². The summed E-state index contributed by atoms with van der Waals surface area (Å²) in [7, 11) is 0. The van der Waals surface area contributed by atoms with Crippen LogP contribution in [0.1, 0.15) is 45.4 Å². The minimum atomic E-state index is -0.753. The van der Waals surface area contributed by atoms with Crippen molar-refractivity contribution in [1.29, 1.82) is 0 Å². The number of carboxylic acids is 1. The standard InChI is InChI=1S/C20H30O4/c1-2-18(21)14-11-9-12-16-19(22)15-10-7-5-3-4-6-8-13-17-20(23)24/h4-7,9-12,14-15,18-19,21-22H,2-3,8,13,16-17H2,1H3,(H,23,24)/b6-4+,7-5+,12-9+,14-11+,15-10+. The molecule has 0 radical (unpaired) electrons. The second-order valence-corrected chi connectivity index (χ2v) is 5.40. The molecule has 3 N–H and O–H groups in total. The Morgan fingerprint density at radius 2 is 1.58 bits per heavy atom. The number of hydrogen-bond donors (Lipinski definition) is 3. The highest BCUT2D eigenvalue weighted by atomic mass is 16.4. The molecular formula is C20H30O4. The van der Waals surface area contributed by atoms with Crippen LogP contribution in [0, 0.1) is 0 Å². The predicted molar refractivity (Wildman–Crippen MR) is 98.7 cm³/mol. The van der Waals surface area contributed by atoms with Gasteiger partial charge in [-0.05, 0) is 32.1 Å². The van der Waals surface area contributed by atoms with Crippen molar-refractivity contribution in [2.75, 3.05) is 0 Å². The van der Waals surface area contributed by atoms with Gasteiger partial charge in [-0.25, -0.2) is 0 Å². The number of unbranched alkanes of at least 4 members (excludes halogenated alkanes) is 1. The number of aliphatic carboxylic acids is 1. The van der Waals surface area contributed by atoms with Crippen LogP contribution in [-0.2, 0) is 4.79 Å². The number of allylic oxidation sites excluding steroid dienone is 7. The molecule has 0 aromatic carbocycles. The van der Waals surface area contributed by atoms with Crippen molar-refractivity contribution in [3.8, 4) is 0 Å². The molecule has 4 heteroatoms. The van der Waals surface area contributed by atoms with Crippen LogP contribution < -0.4 is 0 Å². The van der Waals surface area contributed by atoms with Crippen LogP contribution in [0.25, 0.3) is 0 Å². The van der Waals surface area contributed by atoms with Crippen LogP contribution in [-0.4, -0.2) is 33.5 Å². The summed E-state index contributed by atoms with van der Waals surface area (Å²) in [6.07, 6.45) is 21.3. The zero-order valence-electron chi connectivity index (χ0n) is 14.4. The number of carbonyl (C=O) groups is 1. The van der Waals surface area contributed by atoms with Gasteiger partial charge in [-0.15, -0.1) is 0 Å². The molecule has 4 nitrogen and oxygen atoms in total. The lowest BCUT2D eigenvalue weighted by atomic mass is 10.2. The first kappa shape index (κ1) is 22.1. The van der Waals surface area contributed by atoms with E-state index in [0.29, 0.717) is 19.3 Å². The van der Waals surface area contributed by atoms with E-state index in [4.69, 9.17) is 5.11 Å². The van der Waals surface area contributed by atoms with Crippen LogP contribution in [0.15, 0.2) is 60.8 Å². The van der Waals surface area contributed by atoms with Crippen LogP contribution >= 0.6 is 0 Å². The van der Waals surface area contributed by atoms with Crippen molar-refractivity contribution in [2.45, 2.75) is 57.7 Å². The number of hydrogen-bond acceptors (Lipinski definition) is 3. The van der Waals surface area contributed by atoms with Gasteiger partial charge in [-0.2, -0.15) is 0 Å². The van der Waals surface area contributed by atoms with Crippen molar-refractivity contribution >= 4 is 5.97 Å². The molecule has 0 bridgehead atoms. The van der Waals surface area contributed by atoms with Gasteiger partial charge >= 0.3 is 5.97 Å². The summed E-state index contributed by atoms with van der Waals surface area (Å²) in [5, 5.41) is 27.5. The molecular weight excluding hydrogens is 304 g/mol. The molecule has 0 aromatic heterocycles. The van der Waals surface area contributed by atoms with Crippen LogP contribution in [0.3, 0.4) is 0 Å². The van der Waals surface area contributed by atoms with Crippen molar-refractivity contribution in [2.24, 2.45) is 0 Å². The molecule has 2 unspecified atom stereocenters. The molecule has 24 heavy (non-hydrogen) atoms. The minimum Gasteiger partial charge on any atom is -0.481 e. The second kappa shape index (κ2) is 16.0. The fourth-order valence-corrected chi connectivity index (χ4v) is 1.72. The number of rotatable bonds is 13. The Morgan fingerprint density at radius 3 is 2.25 bits per heavy atom. The number of carboxylic acid groups (broad SMARTS) is 1. The van der Waals surface area contributed by atoms with Gasteiger partial charge in [0.25, 0.3) is 0 Å². The Labute approximate surface area is 145 Å². The normalized spacial score (nSPS) is 15.5. The summed E-state index contributed by atoms with van der Waals surface area (Å²) in [6, 6.07) is 0. The maximum Gasteiger partial charge on any atom is 0.303 e. The van der Waals surface area contributed by atoms with E-state index < -0.39 is 18.2 Å². The van der Waals surface area contributed by atoms with Crippen LogP contribution in [0.5, 0.6) is 0 Å². The topological polar surface area (TPSA) is 77.8 Å². The lowest BCUT2D eigenvalue weighted by Crippen LogP contribution is -1.99. The molecule has 0 rings (SSSR count). The first-order valence-electron chi connectivity index (χ1n) is 8.45. The maximum absolute atomic E-state index is 10.3. The first-order valence-corrected chi connectivity index (χ1v) is 8.45. The lowest BCUT2D eigenvalue weighted by molar-refractivity contribution is -0.137. The highest BCUT2D eigenvalue weighted by Gasteiger charge is 1.94. The van der Waals surface area contributed by atoms with Crippen molar-refractivity contribution in [1.82, 2.24) is 0 Å². The average molecular weight is 334 g/mol. The van der Waals surface area contributed by atoms with E-state index in [0.717, 1.165) is 12.8 Å². The second-order valence-electron chi connectivity index (χ2n) is 5.40. The Kier molecular flexibility index (Phi) is 14.7. The molecule has 0 aliphatic heterocycles. The van der Waals surface area contributed by atoms with Gasteiger partial charge in [0.05, 0.1) is 12.2 Å². The summed E-state index contributed by atoms with van der Waals surface area (Å²) in [5.41, 5.74) is 0. The minimum absolute atomic E-state index is 0.213. The number of aliphatic hydroxyl groups excluding tert-OH is 2. The van der Waals surface area contributed by atoms with E-state index in [2.05, 4.69) is 0 Å². The van der Waals surface area contributed by atoms with Crippen LogP contribution in [0.2, 0.25) is 0 Å². The van der Waals surface area contributed by atoms with Gasteiger partial charge in [0.1, 0.15) is 0 Å². The summed E-state index contributed by atoms with van der Waals surface area (Å²) >= 11 is 0. The molecule has 0 saturated heterocycles. The summed E-state index contributed by atoms with van der Waals surface area (Å²) < 4.78 is 0. The smallest absolute Gasteiger partial charge is 0.303 e. The summed E-state index contributed by atoms with van der Waals surface area (Å²) in [5.74, 6) is -0.753. The monoisotopic (exact) mass is 334 g/mol. The molecule has 0 aromatic rings. The summed E-state index contributed by atoms with van der Waals surface area (Å²) in [4.78, 5) is 10.3. The van der Waals surface area contributed by atoms with Crippen LogP contribution in [0.4, 0.5) is 0 Å². The number of aliphatic hydroxyl groups is 2. The van der Waals surface area contributed by atoms with Gasteiger partial charge in [0.15, 0.2) is 0 Å². The fraction of sp³-hybridized carbons (Fsp3) is 0.450. The molecule has 0 aliphatic rings. The van der Waals surface area contributed by atoms with Gasteiger partial charge in [0, 0.05) is 6.42 Å². The largest absolute Gasteiger partial charge is 0.481 e. The lowest BCUT2D eigenvalue weighted by Gasteiger charge is -1.99. The van der Waals surface area contributed by atoms with E-state index in [1.54, 1.807) is 18.2 Å². The van der Waals surface area contributed by atoms with E-state index in [-0.39, 0.29) is 6.42 Å². The van der Waals surface area contributed by atoms with Crippen molar-refractivity contribution < 1.29 is 20.1 Å². The van der Waals surface area contributed by atoms with E-state index in [9.17, 15) is 15.0 Å². The van der Waals surface area contributed by atoms with Gasteiger partial charge in [-0.3, -0.25) is 4.79 Å². The quantitative estimate of drug-likeness (QED) is 0.271. The molecule has 0 heterocycles. The van der Waals surface area contributed by atoms with Gasteiger partial charge in [-0.1, -0.05) is 67.7 Å². The molecule has 0 amide bonds.